The Hall–Kier alpha value is 0.270. The van der Waals surface area contributed by atoms with Crippen LogP contribution in [0.3, 0.4) is 0 Å². The summed E-state index contributed by atoms with van der Waals surface area (Å²) >= 11 is 3.41. The summed E-state index contributed by atoms with van der Waals surface area (Å²) in [5.74, 6) is 0. The molecule has 0 aromatic carbocycles. The summed E-state index contributed by atoms with van der Waals surface area (Å²) in [7, 11) is 0. The van der Waals surface area contributed by atoms with Gasteiger partial charge in [0.15, 0.2) is 0 Å². The van der Waals surface area contributed by atoms with E-state index in [0.717, 1.165) is 6.07 Å². The van der Waals surface area contributed by atoms with Gasteiger partial charge in [0.1, 0.15) is 0 Å². The summed E-state index contributed by atoms with van der Waals surface area (Å²) in [4.78, 5) is 13.1. The quantitative estimate of drug-likeness (QED) is 0.574. The van der Waals surface area contributed by atoms with Crippen LogP contribution < -0.4 is 5.56 Å². The van der Waals surface area contributed by atoms with Gasteiger partial charge in [0.05, 0.1) is 9.26 Å². The van der Waals surface area contributed by atoms with Crippen molar-refractivity contribution in [2.75, 3.05) is 0 Å². The molecule has 0 bridgehead atoms. The number of aromatic nitrogens is 1. The van der Waals surface area contributed by atoms with E-state index in [1.165, 1.54) is 0 Å². The lowest BCUT2D eigenvalue weighted by molar-refractivity contribution is 0.149. The monoisotopic (exact) mass is 397 g/mol. The predicted molar refractivity (Wildman–Crippen MR) is 57.5 cm³/mol. The molecule has 0 amide bonds. The van der Waals surface area contributed by atoms with Gasteiger partial charge in [-0.3, -0.25) is 4.79 Å². The second-order valence-corrected chi connectivity index (χ2v) is 4.25. The average molecular weight is 397 g/mol. The highest BCUT2D eigenvalue weighted by molar-refractivity contribution is 14.1. The molecule has 1 heterocycles. The Labute approximate surface area is 94.0 Å². The van der Waals surface area contributed by atoms with Crippen molar-refractivity contribution in [2.24, 2.45) is 0 Å². The van der Waals surface area contributed by atoms with Gasteiger partial charge in [-0.1, -0.05) is 0 Å². The number of alkyl halides is 2. The van der Waals surface area contributed by atoms with Crippen LogP contribution in [-0.2, 0) is 0 Å². The van der Waals surface area contributed by atoms with E-state index in [0.29, 0.717) is 3.57 Å². The van der Waals surface area contributed by atoms with E-state index in [-0.39, 0.29) is 14.8 Å². The largest absolute Gasteiger partial charge is 0.317 e. The Morgan fingerprint density at radius 3 is 2.42 bits per heavy atom. The molecule has 6 heteroatoms. The SMILES string of the molecule is O=c1cc(I)c(C(F)F)c(I)[nH]1. The zero-order chi connectivity index (χ0) is 9.30. The number of halogens is 4. The number of aromatic amines is 1. The van der Waals surface area contributed by atoms with Crippen LogP contribution in [0.1, 0.15) is 12.0 Å². The van der Waals surface area contributed by atoms with Gasteiger partial charge in [-0.05, 0) is 45.2 Å². The highest BCUT2D eigenvalue weighted by atomic mass is 127. The van der Waals surface area contributed by atoms with Gasteiger partial charge in [-0.2, -0.15) is 0 Å². The molecule has 12 heavy (non-hydrogen) atoms. The molecule has 1 aromatic heterocycles. The summed E-state index contributed by atoms with van der Waals surface area (Å²) in [6.45, 7) is 0. The standard InChI is InChI=1S/C6H3F2I2NO/c7-5(8)4-2(9)1-3(12)11-6(4)10/h1,5H,(H,11,12). The molecule has 1 rings (SSSR count). The van der Waals surface area contributed by atoms with Crippen molar-refractivity contribution in [1.29, 1.82) is 0 Å². The smallest absolute Gasteiger partial charge is 0.267 e. The minimum Gasteiger partial charge on any atom is -0.317 e. The normalized spacial score (nSPS) is 10.8. The lowest BCUT2D eigenvalue weighted by atomic mass is 10.3. The van der Waals surface area contributed by atoms with Crippen LogP contribution in [0.15, 0.2) is 10.9 Å². The van der Waals surface area contributed by atoms with Crippen LogP contribution in [0.5, 0.6) is 0 Å². The van der Waals surface area contributed by atoms with Crippen molar-refractivity contribution in [1.82, 2.24) is 4.98 Å². The Kier molecular flexibility index (Phi) is 3.44. The second-order valence-electron chi connectivity index (χ2n) is 2.01. The van der Waals surface area contributed by atoms with Crippen LogP contribution in [-0.4, -0.2) is 4.98 Å². The molecule has 1 N–H and O–H groups in total. The minimum atomic E-state index is -2.54. The lowest BCUT2D eigenvalue weighted by Gasteiger charge is -2.04. The van der Waals surface area contributed by atoms with Crippen LogP contribution in [0.25, 0.3) is 0 Å². The Morgan fingerprint density at radius 1 is 1.42 bits per heavy atom. The van der Waals surface area contributed by atoms with Crippen LogP contribution in [0.4, 0.5) is 8.78 Å². The number of hydrogen-bond donors (Lipinski definition) is 1. The molecule has 0 spiro atoms. The highest BCUT2D eigenvalue weighted by Crippen LogP contribution is 2.26. The molecule has 0 radical (unpaired) electrons. The molecule has 0 atom stereocenters. The maximum Gasteiger partial charge on any atom is 0.267 e. The zero-order valence-corrected chi connectivity index (χ0v) is 9.89. The molecule has 1 aromatic rings. The fraction of sp³-hybridized carbons (Fsp3) is 0.167. The summed E-state index contributed by atoms with van der Waals surface area (Å²) in [5, 5.41) is 0. The van der Waals surface area contributed by atoms with E-state index < -0.39 is 6.43 Å². The summed E-state index contributed by atoms with van der Waals surface area (Å²) < 4.78 is 25.1. The zero-order valence-electron chi connectivity index (χ0n) is 5.57. The first kappa shape index (κ1) is 10.4. The molecule has 66 valence electrons. The molecule has 0 aliphatic rings. The highest BCUT2D eigenvalue weighted by Gasteiger charge is 2.16. The molecule has 0 unspecified atom stereocenters. The first-order chi connectivity index (χ1) is 5.52. The molecule has 0 fully saturated rings. The molecule has 0 aliphatic carbocycles. The lowest BCUT2D eigenvalue weighted by Crippen LogP contribution is -2.10. The third-order valence-electron chi connectivity index (χ3n) is 1.20. The van der Waals surface area contributed by atoms with Crippen molar-refractivity contribution in [3.8, 4) is 0 Å². The molecule has 0 saturated heterocycles. The van der Waals surface area contributed by atoms with Crippen LogP contribution >= 0.6 is 45.2 Å². The van der Waals surface area contributed by atoms with Crippen molar-refractivity contribution in [3.63, 3.8) is 0 Å². The second kappa shape index (κ2) is 3.99. The fourth-order valence-corrected chi connectivity index (χ4v) is 2.81. The summed E-state index contributed by atoms with van der Waals surface area (Å²) in [6, 6.07) is 1.16. The number of H-pyrrole nitrogens is 1. The first-order valence-corrected chi connectivity index (χ1v) is 5.04. The third-order valence-corrected chi connectivity index (χ3v) is 2.95. The summed E-state index contributed by atoms with van der Waals surface area (Å²) in [5.41, 5.74) is -0.455. The van der Waals surface area contributed by atoms with E-state index in [2.05, 4.69) is 4.98 Å². The minimum absolute atomic E-state index is 0.101. The Balaban J connectivity index is 3.38. The van der Waals surface area contributed by atoms with Gasteiger partial charge in [-0.25, -0.2) is 8.78 Å². The van der Waals surface area contributed by atoms with E-state index in [9.17, 15) is 13.6 Å². The van der Waals surface area contributed by atoms with Gasteiger partial charge in [-0.15, -0.1) is 0 Å². The van der Waals surface area contributed by atoms with Crippen molar-refractivity contribution in [3.05, 3.63) is 29.3 Å². The molecular formula is C6H3F2I2NO. The van der Waals surface area contributed by atoms with Gasteiger partial charge in [0.25, 0.3) is 6.43 Å². The maximum absolute atomic E-state index is 12.3. The Bertz CT molecular complexity index is 324. The number of pyridine rings is 1. The average Bonchev–Trinajstić information content (AvgIpc) is 1.82. The van der Waals surface area contributed by atoms with E-state index in [4.69, 9.17) is 0 Å². The van der Waals surface area contributed by atoms with Crippen LogP contribution in [0, 0.1) is 7.27 Å². The number of nitrogens with one attached hydrogen (secondary N) is 1. The van der Waals surface area contributed by atoms with Crippen LogP contribution in [0.2, 0.25) is 0 Å². The summed E-state index contributed by atoms with van der Waals surface area (Å²) in [6.07, 6.45) is -2.54. The van der Waals surface area contributed by atoms with Gasteiger partial charge in [0.2, 0.25) is 5.56 Å². The molecule has 2 nitrogen and oxygen atoms in total. The van der Waals surface area contributed by atoms with E-state index >= 15 is 0 Å². The number of hydrogen-bond acceptors (Lipinski definition) is 1. The maximum atomic E-state index is 12.3. The third kappa shape index (κ3) is 2.15. The van der Waals surface area contributed by atoms with Gasteiger partial charge >= 0.3 is 0 Å². The van der Waals surface area contributed by atoms with E-state index in [1.54, 1.807) is 45.2 Å². The molecule has 0 aliphatic heterocycles. The van der Waals surface area contributed by atoms with E-state index in [1.807, 2.05) is 0 Å². The molecule has 0 saturated carbocycles. The van der Waals surface area contributed by atoms with Gasteiger partial charge < -0.3 is 4.98 Å². The molecular weight excluding hydrogens is 394 g/mol. The van der Waals surface area contributed by atoms with Crippen molar-refractivity contribution >= 4 is 45.2 Å². The number of rotatable bonds is 1. The first-order valence-electron chi connectivity index (χ1n) is 2.88. The van der Waals surface area contributed by atoms with Crippen molar-refractivity contribution < 1.29 is 8.78 Å². The Morgan fingerprint density at radius 2 is 2.00 bits per heavy atom. The fourth-order valence-electron chi connectivity index (χ4n) is 0.709. The predicted octanol–water partition coefficient (Wildman–Crippen LogP) is 2.52. The van der Waals surface area contributed by atoms with Crippen molar-refractivity contribution in [2.45, 2.75) is 6.43 Å². The topological polar surface area (TPSA) is 32.9 Å². The van der Waals surface area contributed by atoms with Gasteiger partial charge in [0, 0.05) is 9.64 Å².